The maximum atomic E-state index is 6.00. The molecule has 0 spiro atoms. The number of para-hydroxylation sites is 1. The Bertz CT molecular complexity index is 739. The first-order chi connectivity index (χ1) is 14.2. The third kappa shape index (κ3) is 6.62. The lowest BCUT2D eigenvalue weighted by Crippen LogP contribution is -2.45. The minimum absolute atomic E-state index is 0.371. The van der Waals surface area contributed by atoms with E-state index in [1.165, 1.54) is 24.1 Å². The Balaban J connectivity index is 1.75. The van der Waals surface area contributed by atoms with Gasteiger partial charge in [-0.15, -0.1) is 0 Å². The molecule has 0 N–H and O–H groups in total. The van der Waals surface area contributed by atoms with Gasteiger partial charge in [0.15, 0.2) is 0 Å². The third-order valence-electron chi connectivity index (χ3n) is 5.40. The Morgan fingerprint density at radius 3 is 2.38 bits per heavy atom. The van der Waals surface area contributed by atoms with E-state index in [9.17, 15) is 0 Å². The molecular weight excluding hydrogens is 360 g/mol. The van der Waals surface area contributed by atoms with Gasteiger partial charge in [0.05, 0.1) is 26.4 Å². The Hall–Kier alpha value is -2.30. The van der Waals surface area contributed by atoms with Crippen molar-refractivity contribution in [2.24, 2.45) is 0 Å². The van der Waals surface area contributed by atoms with Crippen molar-refractivity contribution in [1.29, 1.82) is 0 Å². The van der Waals surface area contributed by atoms with Crippen LogP contribution in [0, 0.1) is 0 Å². The van der Waals surface area contributed by atoms with Gasteiger partial charge in [-0.3, -0.25) is 4.90 Å². The molecule has 1 aliphatic rings. The van der Waals surface area contributed by atoms with E-state index in [-0.39, 0.29) is 0 Å². The molecular formula is C25H34N2O2. The van der Waals surface area contributed by atoms with Crippen LogP contribution in [0.3, 0.4) is 0 Å². The molecule has 0 saturated carbocycles. The number of ether oxygens (including phenoxy) is 2. The topological polar surface area (TPSA) is 24.9 Å². The molecule has 1 saturated heterocycles. The number of hydrogen-bond donors (Lipinski definition) is 0. The van der Waals surface area contributed by atoms with Crippen molar-refractivity contribution in [3.05, 3.63) is 72.3 Å². The molecule has 4 nitrogen and oxygen atoms in total. The molecule has 1 heterocycles. The fourth-order valence-corrected chi connectivity index (χ4v) is 3.86. The molecule has 29 heavy (non-hydrogen) atoms. The van der Waals surface area contributed by atoms with Crippen molar-refractivity contribution in [2.45, 2.75) is 32.4 Å². The van der Waals surface area contributed by atoms with Crippen LogP contribution in [0.25, 0.3) is 0 Å². The summed E-state index contributed by atoms with van der Waals surface area (Å²) in [6, 6.07) is 19.4. The van der Waals surface area contributed by atoms with Crippen LogP contribution >= 0.6 is 0 Å². The Morgan fingerprint density at radius 1 is 1.07 bits per heavy atom. The lowest BCUT2D eigenvalue weighted by molar-refractivity contribution is 0.0844. The number of anilines is 1. The fraction of sp³-hybridized carbons (Fsp3) is 0.440. The number of benzene rings is 2. The van der Waals surface area contributed by atoms with Gasteiger partial charge in [0, 0.05) is 18.8 Å². The first kappa shape index (κ1) is 21.4. The highest BCUT2D eigenvalue weighted by atomic mass is 16.5. The lowest BCUT2D eigenvalue weighted by atomic mass is 10.1. The predicted molar refractivity (Wildman–Crippen MR) is 121 cm³/mol. The molecule has 0 bridgehead atoms. The van der Waals surface area contributed by atoms with Crippen molar-refractivity contribution in [2.75, 3.05) is 44.9 Å². The summed E-state index contributed by atoms with van der Waals surface area (Å²) in [7, 11) is 1.71. The maximum Gasteiger partial charge on any atom is 0.118 e. The fourth-order valence-electron chi connectivity index (χ4n) is 3.86. The van der Waals surface area contributed by atoms with E-state index in [2.05, 4.69) is 58.8 Å². The Labute approximate surface area is 175 Å². The molecule has 1 fully saturated rings. The maximum absolute atomic E-state index is 6.00. The first-order valence-electron chi connectivity index (χ1n) is 10.5. The van der Waals surface area contributed by atoms with Gasteiger partial charge >= 0.3 is 0 Å². The van der Waals surface area contributed by atoms with Gasteiger partial charge < -0.3 is 14.4 Å². The van der Waals surface area contributed by atoms with E-state index >= 15 is 0 Å². The zero-order chi connectivity index (χ0) is 20.5. The average molecular weight is 395 g/mol. The molecule has 156 valence electrons. The van der Waals surface area contributed by atoms with Gasteiger partial charge in [-0.2, -0.15) is 0 Å². The van der Waals surface area contributed by atoms with Crippen LogP contribution in [-0.2, 0) is 11.3 Å². The van der Waals surface area contributed by atoms with Crippen LogP contribution in [0.15, 0.2) is 66.7 Å². The van der Waals surface area contributed by atoms with Gasteiger partial charge in [-0.05, 0) is 62.7 Å². The highest BCUT2D eigenvalue weighted by molar-refractivity contribution is 5.47. The molecule has 3 rings (SSSR count). The SMILES string of the molecule is C=C(C)COCC(CN(Cc1ccc(OC)cc1)c1ccccc1)N1CCCC1. The van der Waals surface area contributed by atoms with Crippen LogP contribution in [0.2, 0.25) is 0 Å². The highest BCUT2D eigenvalue weighted by Gasteiger charge is 2.25. The summed E-state index contributed by atoms with van der Waals surface area (Å²) in [4.78, 5) is 5.05. The summed E-state index contributed by atoms with van der Waals surface area (Å²) < 4.78 is 11.3. The highest BCUT2D eigenvalue weighted by Crippen LogP contribution is 2.22. The number of nitrogens with zero attached hydrogens (tertiary/aromatic N) is 2. The van der Waals surface area contributed by atoms with Crippen LogP contribution in [0.1, 0.15) is 25.3 Å². The molecule has 1 unspecified atom stereocenters. The zero-order valence-corrected chi connectivity index (χ0v) is 17.8. The average Bonchev–Trinajstić information content (AvgIpc) is 3.28. The standard InChI is InChI=1S/C25H34N2O2/c1-21(2)19-29-20-24(26-15-7-8-16-26)18-27(23-9-5-4-6-10-23)17-22-11-13-25(28-3)14-12-22/h4-6,9-14,24H,1,7-8,15-20H2,2-3H3. The second-order valence-corrected chi connectivity index (χ2v) is 7.93. The van der Waals surface area contributed by atoms with E-state index in [1.807, 2.05) is 19.1 Å². The molecule has 1 atom stereocenters. The molecule has 2 aromatic rings. The smallest absolute Gasteiger partial charge is 0.118 e. The summed E-state index contributed by atoms with van der Waals surface area (Å²) >= 11 is 0. The van der Waals surface area contributed by atoms with Crippen LogP contribution < -0.4 is 9.64 Å². The van der Waals surface area contributed by atoms with Gasteiger partial charge in [0.2, 0.25) is 0 Å². The largest absolute Gasteiger partial charge is 0.497 e. The molecule has 0 amide bonds. The molecule has 4 heteroatoms. The summed E-state index contributed by atoms with van der Waals surface area (Å²) in [6.45, 7) is 11.5. The van der Waals surface area contributed by atoms with E-state index in [0.29, 0.717) is 12.6 Å². The summed E-state index contributed by atoms with van der Waals surface area (Å²) in [5.41, 5.74) is 3.59. The van der Waals surface area contributed by atoms with E-state index in [4.69, 9.17) is 9.47 Å². The third-order valence-corrected chi connectivity index (χ3v) is 5.40. The molecule has 1 aliphatic heterocycles. The van der Waals surface area contributed by atoms with Gasteiger partial charge in [0.25, 0.3) is 0 Å². The molecule has 0 radical (unpaired) electrons. The monoisotopic (exact) mass is 394 g/mol. The minimum Gasteiger partial charge on any atom is -0.497 e. The number of likely N-dealkylation sites (tertiary alicyclic amines) is 1. The molecule has 0 aromatic heterocycles. The van der Waals surface area contributed by atoms with Crippen molar-refractivity contribution >= 4 is 5.69 Å². The molecule has 0 aliphatic carbocycles. The van der Waals surface area contributed by atoms with Crippen LogP contribution in [0.4, 0.5) is 5.69 Å². The second kappa shape index (κ2) is 11.0. The second-order valence-electron chi connectivity index (χ2n) is 7.93. The van der Waals surface area contributed by atoms with Crippen molar-refractivity contribution in [1.82, 2.24) is 4.90 Å². The van der Waals surface area contributed by atoms with Crippen LogP contribution in [-0.4, -0.2) is 50.9 Å². The minimum atomic E-state index is 0.371. The lowest BCUT2D eigenvalue weighted by Gasteiger charge is -2.34. The number of methoxy groups -OCH3 is 1. The Kier molecular flexibility index (Phi) is 8.14. The molecule has 2 aromatic carbocycles. The van der Waals surface area contributed by atoms with E-state index < -0.39 is 0 Å². The summed E-state index contributed by atoms with van der Waals surface area (Å²) in [5, 5.41) is 0. The summed E-state index contributed by atoms with van der Waals surface area (Å²) in [5.74, 6) is 0.892. The van der Waals surface area contributed by atoms with Gasteiger partial charge in [0.1, 0.15) is 5.75 Å². The van der Waals surface area contributed by atoms with Gasteiger partial charge in [-0.25, -0.2) is 0 Å². The van der Waals surface area contributed by atoms with E-state index in [0.717, 1.165) is 44.1 Å². The summed E-state index contributed by atoms with van der Waals surface area (Å²) in [6.07, 6.45) is 2.56. The van der Waals surface area contributed by atoms with E-state index in [1.54, 1.807) is 7.11 Å². The van der Waals surface area contributed by atoms with Crippen LogP contribution in [0.5, 0.6) is 5.75 Å². The van der Waals surface area contributed by atoms with Crippen molar-refractivity contribution in [3.8, 4) is 5.75 Å². The van der Waals surface area contributed by atoms with Crippen molar-refractivity contribution < 1.29 is 9.47 Å². The quantitative estimate of drug-likeness (QED) is 0.513. The number of hydrogen-bond acceptors (Lipinski definition) is 4. The van der Waals surface area contributed by atoms with Crippen molar-refractivity contribution in [3.63, 3.8) is 0 Å². The first-order valence-corrected chi connectivity index (χ1v) is 10.5. The number of rotatable bonds is 11. The van der Waals surface area contributed by atoms with Gasteiger partial charge in [-0.1, -0.05) is 42.5 Å². The Morgan fingerprint density at radius 2 is 1.76 bits per heavy atom. The normalized spacial score (nSPS) is 15.2. The predicted octanol–water partition coefficient (Wildman–Crippen LogP) is 4.76. The zero-order valence-electron chi connectivity index (χ0n) is 17.8.